The van der Waals surface area contributed by atoms with Gasteiger partial charge in [0.2, 0.25) is 0 Å². The molecule has 1 aromatic rings. The van der Waals surface area contributed by atoms with E-state index in [1.54, 1.807) is 11.3 Å². The summed E-state index contributed by atoms with van der Waals surface area (Å²) < 4.78 is 0. The van der Waals surface area contributed by atoms with Crippen molar-refractivity contribution >= 4 is 11.3 Å². The fourth-order valence-electron chi connectivity index (χ4n) is 2.49. The highest BCUT2D eigenvalue weighted by molar-refractivity contribution is 7.10. The third-order valence-electron chi connectivity index (χ3n) is 3.44. The van der Waals surface area contributed by atoms with Crippen LogP contribution in [0.15, 0.2) is 17.5 Å². The van der Waals surface area contributed by atoms with Gasteiger partial charge in [0.15, 0.2) is 0 Å². The van der Waals surface area contributed by atoms with Crippen LogP contribution < -0.4 is 0 Å². The second-order valence-electron chi connectivity index (χ2n) is 4.61. The summed E-state index contributed by atoms with van der Waals surface area (Å²) in [7, 11) is 0. The lowest BCUT2D eigenvalue weighted by Crippen LogP contribution is -2.08. The molecule has 15 heavy (non-hydrogen) atoms. The molecule has 0 radical (unpaired) electrons. The van der Waals surface area contributed by atoms with Gasteiger partial charge in [-0.1, -0.05) is 38.2 Å². The Bertz CT molecular complexity index is 262. The molecule has 2 heteroatoms. The van der Waals surface area contributed by atoms with E-state index >= 15 is 0 Å². The second kappa shape index (κ2) is 5.66. The number of thiophene rings is 1. The molecule has 1 heterocycles. The Balaban J connectivity index is 1.73. The maximum atomic E-state index is 9.95. The Hall–Kier alpha value is -0.340. The number of hydrogen-bond acceptors (Lipinski definition) is 2. The van der Waals surface area contributed by atoms with Crippen molar-refractivity contribution in [3.05, 3.63) is 22.4 Å². The van der Waals surface area contributed by atoms with Gasteiger partial charge in [0.1, 0.15) is 0 Å². The predicted molar refractivity (Wildman–Crippen MR) is 65.1 cm³/mol. The molecule has 1 N–H and O–H groups in total. The molecule has 1 aliphatic rings. The Morgan fingerprint density at radius 3 is 2.80 bits per heavy atom. The molecule has 0 aliphatic heterocycles. The van der Waals surface area contributed by atoms with Crippen molar-refractivity contribution in [1.29, 1.82) is 0 Å². The number of hydrogen-bond donors (Lipinski definition) is 1. The van der Waals surface area contributed by atoms with Gasteiger partial charge in [-0.25, -0.2) is 0 Å². The molecule has 0 amide bonds. The molecule has 0 spiro atoms. The molecule has 1 nitrogen and oxygen atoms in total. The van der Waals surface area contributed by atoms with Gasteiger partial charge in [-0.15, -0.1) is 11.3 Å². The molecule has 1 unspecified atom stereocenters. The van der Waals surface area contributed by atoms with Crippen LogP contribution in [0.25, 0.3) is 0 Å². The van der Waals surface area contributed by atoms with Crippen LogP contribution in [-0.2, 0) is 0 Å². The fraction of sp³-hybridized carbons (Fsp3) is 0.692. The molecule has 1 aromatic heterocycles. The van der Waals surface area contributed by atoms with Gasteiger partial charge in [-0.05, 0) is 30.2 Å². The van der Waals surface area contributed by atoms with Crippen molar-refractivity contribution in [2.75, 3.05) is 0 Å². The molecule has 0 bridgehead atoms. The molecule has 1 saturated carbocycles. The molecule has 0 saturated heterocycles. The van der Waals surface area contributed by atoms with E-state index in [4.69, 9.17) is 0 Å². The first kappa shape index (κ1) is 11.2. The molecule has 1 aliphatic carbocycles. The van der Waals surface area contributed by atoms with E-state index in [-0.39, 0.29) is 6.10 Å². The summed E-state index contributed by atoms with van der Waals surface area (Å²) >= 11 is 1.67. The van der Waals surface area contributed by atoms with E-state index in [0.717, 1.165) is 17.2 Å². The normalized spacial score (nSPS) is 20.3. The van der Waals surface area contributed by atoms with Crippen molar-refractivity contribution < 1.29 is 5.11 Å². The smallest absolute Gasteiger partial charge is 0.0882 e. The van der Waals surface area contributed by atoms with Crippen molar-refractivity contribution in [1.82, 2.24) is 0 Å². The lowest BCUT2D eigenvalue weighted by molar-refractivity contribution is 0.154. The Morgan fingerprint density at radius 2 is 2.13 bits per heavy atom. The van der Waals surface area contributed by atoms with Crippen molar-refractivity contribution in [2.45, 2.75) is 51.0 Å². The highest BCUT2D eigenvalue weighted by atomic mass is 32.1. The lowest BCUT2D eigenvalue weighted by Gasteiger charge is -2.22. The number of rotatable bonds is 4. The third-order valence-corrected chi connectivity index (χ3v) is 4.42. The molecule has 2 rings (SSSR count). The molecule has 1 fully saturated rings. The summed E-state index contributed by atoms with van der Waals surface area (Å²) in [5.41, 5.74) is 0. The van der Waals surface area contributed by atoms with Crippen LogP contribution in [-0.4, -0.2) is 5.11 Å². The number of aliphatic hydroxyl groups is 1. The van der Waals surface area contributed by atoms with Gasteiger partial charge in [-0.3, -0.25) is 0 Å². The second-order valence-corrected chi connectivity index (χ2v) is 5.59. The van der Waals surface area contributed by atoms with Crippen LogP contribution in [0.5, 0.6) is 0 Å². The zero-order chi connectivity index (χ0) is 10.5. The highest BCUT2D eigenvalue weighted by Crippen LogP contribution is 2.31. The summed E-state index contributed by atoms with van der Waals surface area (Å²) in [6, 6.07) is 4.06. The van der Waals surface area contributed by atoms with Crippen molar-refractivity contribution in [3.63, 3.8) is 0 Å². The monoisotopic (exact) mass is 224 g/mol. The topological polar surface area (TPSA) is 20.2 Å². The Morgan fingerprint density at radius 1 is 1.33 bits per heavy atom. The largest absolute Gasteiger partial charge is 0.388 e. The first-order chi connectivity index (χ1) is 7.36. The van der Waals surface area contributed by atoms with Crippen LogP contribution in [0.3, 0.4) is 0 Å². The van der Waals surface area contributed by atoms with E-state index in [1.165, 1.54) is 38.5 Å². The maximum absolute atomic E-state index is 9.95. The van der Waals surface area contributed by atoms with Crippen molar-refractivity contribution in [3.8, 4) is 0 Å². The van der Waals surface area contributed by atoms with Crippen molar-refractivity contribution in [2.24, 2.45) is 5.92 Å². The zero-order valence-corrected chi connectivity index (χ0v) is 10.0. The Labute approximate surface area is 96.1 Å². The average Bonchev–Trinajstić information content (AvgIpc) is 2.81. The van der Waals surface area contributed by atoms with Gasteiger partial charge in [0.05, 0.1) is 6.10 Å². The fourth-order valence-corrected chi connectivity index (χ4v) is 3.24. The third kappa shape index (κ3) is 3.32. The summed E-state index contributed by atoms with van der Waals surface area (Å²) in [4.78, 5) is 1.13. The van der Waals surface area contributed by atoms with Crippen LogP contribution >= 0.6 is 11.3 Å². The molecular formula is C13H20OS. The maximum Gasteiger partial charge on any atom is 0.0882 e. The van der Waals surface area contributed by atoms with E-state index in [9.17, 15) is 5.11 Å². The van der Waals surface area contributed by atoms with Crippen LogP contribution in [0.4, 0.5) is 0 Å². The van der Waals surface area contributed by atoms with Crippen LogP contribution in [0.2, 0.25) is 0 Å². The van der Waals surface area contributed by atoms with Crippen LogP contribution in [0.1, 0.15) is 55.9 Å². The highest BCUT2D eigenvalue weighted by Gasteiger charge is 2.16. The molecule has 0 aromatic carbocycles. The minimum absolute atomic E-state index is 0.216. The zero-order valence-electron chi connectivity index (χ0n) is 9.19. The summed E-state index contributed by atoms with van der Waals surface area (Å²) in [5.74, 6) is 0.883. The van der Waals surface area contributed by atoms with Gasteiger partial charge < -0.3 is 5.11 Å². The van der Waals surface area contributed by atoms with Gasteiger partial charge >= 0.3 is 0 Å². The molecule has 1 atom stereocenters. The Kier molecular flexibility index (Phi) is 4.21. The first-order valence-electron chi connectivity index (χ1n) is 6.08. The quantitative estimate of drug-likeness (QED) is 0.815. The standard InChI is InChI=1S/C13H20OS/c14-12(13-7-4-10-15-13)9-8-11-5-2-1-3-6-11/h4,7,10-12,14H,1-3,5-6,8-9H2. The average molecular weight is 224 g/mol. The summed E-state index contributed by atoms with van der Waals surface area (Å²) in [5, 5.41) is 12.0. The van der Waals surface area contributed by atoms with Gasteiger partial charge in [0, 0.05) is 4.88 Å². The lowest BCUT2D eigenvalue weighted by atomic mass is 9.85. The summed E-state index contributed by atoms with van der Waals surface area (Å²) in [6.07, 6.45) is 8.94. The first-order valence-corrected chi connectivity index (χ1v) is 6.95. The van der Waals surface area contributed by atoms with E-state index in [1.807, 2.05) is 17.5 Å². The van der Waals surface area contributed by atoms with Crippen LogP contribution in [0, 0.1) is 5.92 Å². The predicted octanol–water partition coefficient (Wildman–Crippen LogP) is 4.14. The van der Waals surface area contributed by atoms with Gasteiger partial charge in [0.25, 0.3) is 0 Å². The minimum Gasteiger partial charge on any atom is -0.388 e. The van der Waals surface area contributed by atoms with E-state index in [2.05, 4.69) is 0 Å². The molecule has 84 valence electrons. The van der Waals surface area contributed by atoms with E-state index < -0.39 is 0 Å². The number of aliphatic hydroxyl groups excluding tert-OH is 1. The SMILES string of the molecule is OC(CCC1CCCCC1)c1cccs1. The minimum atomic E-state index is -0.216. The summed E-state index contributed by atoms with van der Waals surface area (Å²) in [6.45, 7) is 0. The molecular weight excluding hydrogens is 204 g/mol. The van der Waals surface area contributed by atoms with Gasteiger partial charge in [-0.2, -0.15) is 0 Å². The van der Waals surface area contributed by atoms with E-state index in [0.29, 0.717) is 0 Å².